The second-order valence-corrected chi connectivity index (χ2v) is 5.97. The van der Waals surface area contributed by atoms with Crippen LogP contribution in [-0.4, -0.2) is 48.5 Å². The first-order valence-corrected chi connectivity index (χ1v) is 8.64. The number of phenolic OH excluding ortho intramolecular Hbond substituents is 1. The van der Waals surface area contributed by atoms with Crippen LogP contribution in [0.2, 0.25) is 0 Å². The number of rotatable bonds is 10. The molecule has 7 heteroatoms. The maximum Gasteiger partial charge on any atom is 0.224 e. The monoisotopic (exact) mass is 369 g/mol. The number of para-hydroxylation sites is 1. The number of aromatic hydroxyl groups is 1. The van der Waals surface area contributed by atoms with E-state index in [0.717, 1.165) is 5.56 Å². The van der Waals surface area contributed by atoms with Gasteiger partial charge in [0.1, 0.15) is 30.3 Å². The van der Waals surface area contributed by atoms with Gasteiger partial charge in [0.2, 0.25) is 5.91 Å². The van der Waals surface area contributed by atoms with Crippen LogP contribution < -0.4 is 15.4 Å². The van der Waals surface area contributed by atoms with Crippen molar-refractivity contribution in [3.63, 3.8) is 0 Å². The number of aliphatic hydroxyl groups excluding tert-OH is 1. The number of benzene rings is 2. The predicted molar refractivity (Wildman–Crippen MR) is 100 cm³/mol. The van der Waals surface area contributed by atoms with Crippen molar-refractivity contribution in [3.05, 3.63) is 59.7 Å². The lowest BCUT2D eigenvalue weighted by Crippen LogP contribution is -2.37. The molecule has 0 fully saturated rings. The standard InChI is InChI=1S/C20H23N3O4/c21-12-16-3-1-2-4-19(16)27-14-18(25)13-22-9-10-23-20(26)11-15-5-7-17(24)8-6-15/h1-8,18,22,24-25H,9-11,13-14H2,(H,23,26)/t18-/m1/s1. The summed E-state index contributed by atoms with van der Waals surface area (Å²) in [5.74, 6) is 0.502. The summed E-state index contributed by atoms with van der Waals surface area (Å²) < 4.78 is 5.46. The Bertz CT molecular complexity index is 772. The van der Waals surface area contributed by atoms with Gasteiger partial charge in [0.05, 0.1) is 12.0 Å². The number of hydrogen-bond acceptors (Lipinski definition) is 6. The van der Waals surface area contributed by atoms with E-state index in [1.54, 1.807) is 48.5 Å². The van der Waals surface area contributed by atoms with Gasteiger partial charge < -0.3 is 25.6 Å². The lowest BCUT2D eigenvalue weighted by Gasteiger charge is -2.14. The van der Waals surface area contributed by atoms with E-state index in [-0.39, 0.29) is 24.7 Å². The van der Waals surface area contributed by atoms with Gasteiger partial charge in [0, 0.05) is 19.6 Å². The van der Waals surface area contributed by atoms with Crippen LogP contribution in [0.5, 0.6) is 11.5 Å². The highest BCUT2D eigenvalue weighted by Gasteiger charge is 2.08. The third-order valence-corrected chi connectivity index (χ3v) is 3.74. The molecule has 2 aromatic rings. The van der Waals surface area contributed by atoms with E-state index in [2.05, 4.69) is 10.6 Å². The van der Waals surface area contributed by atoms with E-state index in [9.17, 15) is 15.0 Å². The normalized spacial score (nSPS) is 11.4. The molecule has 0 saturated carbocycles. The highest BCUT2D eigenvalue weighted by atomic mass is 16.5. The van der Waals surface area contributed by atoms with Crippen LogP contribution in [0, 0.1) is 11.3 Å². The minimum Gasteiger partial charge on any atom is -0.508 e. The first-order chi connectivity index (χ1) is 13.1. The first kappa shape index (κ1) is 20.2. The van der Waals surface area contributed by atoms with Gasteiger partial charge in [-0.2, -0.15) is 5.26 Å². The van der Waals surface area contributed by atoms with Crippen LogP contribution in [0.15, 0.2) is 48.5 Å². The lowest BCUT2D eigenvalue weighted by atomic mass is 10.1. The zero-order valence-electron chi connectivity index (χ0n) is 14.9. The Morgan fingerprint density at radius 3 is 2.63 bits per heavy atom. The van der Waals surface area contributed by atoms with Crippen molar-refractivity contribution in [3.8, 4) is 17.6 Å². The summed E-state index contributed by atoms with van der Waals surface area (Å²) in [6.45, 7) is 1.32. The highest BCUT2D eigenvalue weighted by molar-refractivity contribution is 5.78. The summed E-state index contributed by atoms with van der Waals surface area (Å²) in [6.07, 6.45) is -0.487. The summed E-state index contributed by atoms with van der Waals surface area (Å²) in [4.78, 5) is 11.8. The van der Waals surface area contributed by atoms with Crippen molar-refractivity contribution in [1.29, 1.82) is 5.26 Å². The van der Waals surface area contributed by atoms with Crippen LogP contribution in [-0.2, 0) is 11.2 Å². The molecule has 2 aromatic carbocycles. The number of carbonyl (C=O) groups excluding carboxylic acids is 1. The average molecular weight is 369 g/mol. The third-order valence-electron chi connectivity index (χ3n) is 3.74. The molecule has 0 aromatic heterocycles. The largest absolute Gasteiger partial charge is 0.508 e. The van der Waals surface area contributed by atoms with E-state index in [1.165, 1.54) is 0 Å². The Balaban J connectivity index is 1.57. The zero-order chi connectivity index (χ0) is 19.5. The van der Waals surface area contributed by atoms with Crippen molar-refractivity contribution in [2.75, 3.05) is 26.2 Å². The van der Waals surface area contributed by atoms with Gasteiger partial charge in [-0.25, -0.2) is 0 Å². The van der Waals surface area contributed by atoms with Gasteiger partial charge in [0.25, 0.3) is 0 Å². The van der Waals surface area contributed by atoms with Gasteiger partial charge in [-0.1, -0.05) is 24.3 Å². The molecule has 0 aliphatic heterocycles. The molecule has 0 heterocycles. The minimum absolute atomic E-state index is 0.0684. The van der Waals surface area contributed by atoms with Gasteiger partial charge in [0.15, 0.2) is 0 Å². The fourth-order valence-corrected chi connectivity index (χ4v) is 2.35. The van der Waals surface area contributed by atoms with Crippen molar-refractivity contribution in [2.45, 2.75) is 12.5 Å². The molecule has 0 unspecified atom stereocenters. The molecule has 142 valence electrons. The Labute approximate surface area is 158 Å². The third kappa shape index (κ3) is 7.36. The van der Waals surface area contributed by atoms with Crippen LogP contribution in [0.3, 0.4) is 0 Å². The minimum atomic E-state index is -0.732. The summed E-state index contributed by atoms with van der Waals surface area (Å²) in [7, 11) is 0. The second kappa shape index (κ2) is 10.8. The summed E-state index contributed by atoms with van der Waals surface area (Å²) in [6, 6.07) is 15.4. The predicted octanol–water partition coefficient (Wildman–Crippen LogP) is 0.952. The fourth-order valence-electron chi connectivity index (χ4n) is 2.35. The molecular formula is C20H23N3O4. The van der Waals surface area contributed by atoms with Gasteiger partial charge in [-0.3, -0.25) is 4.79 Å². The van der Waals surface area contributed by atoms with Gasteiger partial charge in [-0.05, 0) is 29.8 Å². The van der Waals surface area contributed by atoms with Crippen molar-refractivity contribution >= 4 is 5.91 Å². The lowest BCUT2D eigenvalue weighted by molar-refractivity contribution is -0.120. The number of ether oxygens (including phenoxy) is 1. The summed E-state index contributed by atoms with van der Waals surface area (Å²) in [5, 5.41) is 33.9. The topological polar surface area (TPSA) is 115 Å². The van der Waals surface area contributed by atoms with Crippen molar-refractivity contribution in [1.82, 2.24) is 10.6 Å². The van der Waals surface area contributed by atoms with Crippen molar-refractivity contribution < 1.29 is 19.7 Å². The SMILES string of the molecule is N#Cc1ccccc1OC[C@H](O)CNCCNC(=O)Cc1ccc(O)cc1. The molecule has 7 nitrogen and oxygen atoms in total. The molecular weight excluding hydrogens is 346 g/mol. The average Bonchev–Trinajstić information content (AvgIpc) is 2.68. The van der Waals surface area contributed by atoms with E-state index < -0.39 is 6.10 Å². The number of aliphatic hydroxyl groups is 1. The summed E-state index contributed by atoms with van der Waals surface area (Å²) >= 11 is 0. The van der Waals surface area contributed by atoms with Gasteiger partial charge in [-0.15, -0.1) is 0 Å². The van der Waals surface area contributed by atoms with E-state index in [4.69, 9.17) is 10.00 Å². The number of nitrogens with zero attached hydrogens (tertiary/aromatic N) is 1. The fraction of sp³-hybridized carbons (Fsp3) is 0.300. The Hall–Kier alpha value is -3.08. The number of nitriles is 1. The quantitative estimate of drug-likeness (QED) is 0.464. The Morgan fingerprint density at radius 1 is 1.15 bits per heavy atom. The smallest absolute Gasteiger partial charge is 0.224 e. The molecule has 2 rings (SSSR count). The number of nitrogens with one attached hydrogen (secondary N) is 2. The molecule has 4 N–H and O–H groups in total. The molecule has 27 heavy (non-hydrogen) atoms. The Kier molecular flexibility index (Phi) is 8.10. The number of carbonyl (C=O) groups is 1. The first-order valence-electron chi connectivity index (χ1n) is 8.64. The summed E-state index contributed by atoms with van der Waals surface area (Å²) in [5.41, 5.74) is 1.25. The molecule has 1 amide bonds. The van der Waals surface area contributed by atoms with E-state index in [0.29, 0.717) is 30.9 Å². The molecule has 0 aliphatic rings. The molecule has 0 spiro atoms. The Morgan fingerprint density at radius 2 is 1.89 bits per heavy atom. The van der Waals surface area contributed by atoms with E-state index >= 15 is 0 Å². The second-order valence-electron chi connectivity index (χ2n) is 5.97. The maximum atomic E-state index is 11.8. The molecule has 0 saturated heterocycles. The maximum absolute atomic E-state index is 11.8. The molecule has 1 atom stereocenters. The van der Waals surface area contributed by atoms with Crippen LogP contribution in [0.25, 0.3) is 0 Å². The van der Waals surface area contributed by atoms with E-state index in [1.807, 2.05) is 6.07 Å². The van der Waals surface area contributed by atoms with Crippen LogP contribution in [0.1, 0.15) is 11.1 Å². The molecule has 0 bridgehead atoms. The van der Waals surface area contributed by atoms with Gasteiger partial charge >= 0.3 is 0 Å². The number of phenols is 1. The number of hydrogen-bond donors (Lipinski definition) is 4. The molecule has 0 radical (unpaired) electrons. The zero-order valence-corrected chi connectivity index (χ0v) is 14.9. The number of amides is 1. The van der Waals surface area contributed by atoms with Crippen LogP contribution >= 0.6 is 0 Å². The highest BCUT2D eigenvalue weighted by Crippen LogP contribution is 2.16. The molecule has 0 aliphatic carbocycles. The van der Waals surface area contributed by atoms with Crippen LogP contribution in [0.4, 0.5) is 0 Å². The van der Waals surface area contributed by atoms with Crippen molar-refractivity contribution in [2.24, 2.45) is 0 Å².